The molecule has 1 heterocycles. The second-order valence-corrected chi connectivity index (χ2v) is 7.56. The van der Waals surface area contributed by atoms with E-state index in [0.717, 1.165) is 16.3 Å². The highest BCUT2D eigenvalue weighted by Gasteiger charge is 2.10. The van der Waals surface area contributed by atoms with Gasteiger partial charge in [-0.25, -0.2) is 4.98 Å². The second kappa shape index (κ2) is 9.06. The third-order valence-corrected chi connectivity index (χ3v) is 5.04. The first kappa shape index (κ1) is 20.7. The van der Waals surface area contributed by atoms with E-state index in [4.69, 9.17) is 21.1 Å². The van der Waals surface area contributed by atoms with Gasteiger partial charge in [-0.05, 0) is 59.7 Å². The number of halogens is 1. The van der Waals surface area contributed by atoms with Crippen molar-refractivity contribution >= 4 is 28.3 Å². The quantitative estimate of drug-likeness (QED) is 0.369. The summed E-state index contributed by atoms with van der Waals surface area (Å²) < 4.78 is 11.7. The molecule has 156 valence electrons. The number of carbonyl (C=O) groups is 1. The van der Waals surface area contributed by atoms with Crippen LogP contribution in [0.1, 0.15) is 25.5 Å². The molecule has 0 aliphatic carbocycles. The van der Waals surface area contributed by atoms with Crippen LogP contribution < -0.4 is 14.8 Å². The number of amides is 1. The molecule has 1 unspecified atom stereocenters. The molecule has 0 saturated heterocycles. The zero-order valence-corrected chi connectivity index (χ0v) is 17.9. The maximum absolute atomic E-state index is 11.3. The summed E-state index contributed by atoms with van der Waals surface area (Å²) in [6.45, 7) is 3.48. The van der Waals surface area contributed by atoms with Gasteiger partial charge in [0.15, 0.2) is 0 Å². The van der Waals surface area contributed by atoms with E-state index in [9.17, 15) is 4.79 Å². The van der Waals surface area contributed by atoms with Gasteiger partial charge < -0.3 is 14.8 Å². The van der Waals surface area contributed by atoms with E-state index in [1.807, 2.05) is 49.4 Å². The summed E-state index contributed by atoms with van der Waals surface area (Å²) in [6, 6.07) is 22.6. The van der Waals surface area contributed by atoms with Crippen molar-refractivity contribution < 1.29 is 14.3 Å². The van der Waals surface area contributed by atoms with Gasteiger partial charge >= 0.3 is 0 Å². The van der Waals surface area contributed by atoms with E-state index in [1.165, 1.54) is 6.92 Å². The lowest BCUT2D eigenvalue weighted by atomic mass is 10.0. The fourth-order valence-electron chi connectivity index (χ4n) is 3.25. The van der Waals surface area contributed by atoms with Gasteiger partial charge in [-0.1, -0.05) is 35.9 Å². The summed E-state index contributed by atoms with van der Waals surface area (Å²) in [5.41, 5.74) is 1.04. The number of rotatable bonds is 6. The third kappa shape index (κ3) is 5.13. The molecule has 6 heteroatoms. The normalized spacial score (nSPS) is 11.7. The van der Waals surface area contributed by atoms with Crippen LogP contribution in [0.15, 0.2) is 79.0 Å². The molecule has 0 bridgehead atoms. The Hall–Kier alpha value is -3.57. The van der Waals surface area contributed by atoms with Gasteiger partial charge in [0.1, 0.15) is 17.2 Å². The standard InChI is InChI=1S/C25H21ClN2O3/c1-16(28-17(2)29)18-6-7-20-14-21(9-8-19(20)13-18)30-24-11-10-22(15-23(24)26)31-25-5-3-4-12-27-25/h3-16H,1-2H3,(H,28,29). The Labute approximate surface area is 185 Å². The number of hydrogen-bond acceptors (Lipinski definition) is 4. The van der Waals surface area contributed by atoms with Crippen LogP contribution in [0.25, 0.3) is 10.8 Å². The number of hydrogen-bond donors (Lipinski definition) is 1. The smallest absolute Gasteiger partial charge is 0.219 e. The van der Waals surface area contributed by atoms with Crippen molar-refractivity contribution in [3.8, 4) is 23.1 Å². The summed E-state index contributed by atoms with van der Waals surface area (Å²) >= 11 is 6.40. The van der Waals surface area contributed by atoms with Crippen molar-refractivity contribution in [2.45, 2.75) is 19.9 Å². The first-order valence-electron chi connectivity index (χ1n) is 9.85. The average molecular weight is 433 g/mol. The topological polar surface area (TPSA) is 60.5 Å². The number of carbonyl (C=O) groups excluding carboxylic acids is 1. The lowest BCUT2D eigenvalue weighted by Gasteiger charge is -2.14. The highest BCUT2D eigenvalue weighted by atomic mass is 35.5. The molecule has 4 aromatic rings. The Morgan fingerprint density at radius 3 is 2.42 bits per heavy atom. The van der Waals surface area contributed by atoms with Crippen LogP contribution in [0.3, 0.4) is 0 Å². The number of pyridine rings is 1. The molecular formula is C25H21ClN2O3. The zero-order chi connectivity index (χ0) is 21.8. The SMILES string of the molecule is CC(=O)NC(C)c1ccc2cc(Oc3ccc(Oc4ccccn4)cc3Cl)ccc2c1. The summed E-state index contributed by atoms with van der Waals surface area (Å²) in [5, 5.41) is 5.43. The number of ether oxygens (including phenoxy) is 2. The van der Waals surface area contributed by atoms with E-state index >= 15 is 0 Å². The van der Waals surface area contributed by atoms with Crippen molar-refractivity contribution in [1.82, 2.24) is 10.3 Å². The highest BCUT2D eigenvalue weighted by molar-refractivity contribution is 6.32. The molecule has 5 nitrogen and oxygen atoms in total. The molecular weight excluding hydrogens is 412 g/mol. The lowest BCUT2D eigenvalue weighted by molar-refractivity contribution is -0.119. The molecule has 4 rings (SSSR count). The zero-order valence-electron chi connectivity index (χ0n) is 17.1. The van der Waals surface area contributed by atoms with Crippen LogP contribution in [-0.2, 0) is 4.79 Å². The predicted octanol–water partition coefficient (Wildman–Crippen LogP) is 6.67. The van der Waals surface area contributed by atoms with E-state index < -0.39 is 0 Å². The Bertz CT molecular complexity index is 1230. The summed E-state index contributed by atoms with van der Waals surface area (Å²) in [6.07, 6.45) is 1.66. The first-order valence-corrected chi connectivity index (χ1v) is 10.2. The maximum atomic E-state index is 11.3. The summed E-state index contributed by atoms with van der Waals surface area (Å²) in [4.78, 5) is 15.4. The van der Waals surface area contributed by atoms with Crippen LogP contribution in [0.4, 0.5) is 0 Å². The van der Waals surface area contributed by atoms with Crippen molar-refractivity contribution in [1.29, 1.82) is 0 Å². The molecule has 0 spiro atoms. The number of benzene rings is 3. The Balaban J connectivity index is 1.51. The van der Waals surface area contributed by atoms with Gasteiger partial charge in [0.2, 0.25) is 11.8 Å². The molecule has 1 N–H and O–H groups in total. The highest BCUT2D eigenvalue weighted by Crippen LogP contribution is 2.35. The molecule has 0 radical (unpaired) electrons. The molecule has 0 fully saturated rings. The number of fused-ring (bicyclic) bond motifs is 1. The monoisotopic (exact) mass is 432 g/mol. The van der Waals surface area contributed by atoms with Gasteiger partial charge in [-0.15, -0.1) is 0 Å². The van der Waals surface area contributed by atoms with Crippen molar-refractivity contribution in [2.24, 2.45) is 0 Å². The van der Waals surface area contributed by atoms with Gasteiger partial charge in [0.05, 0.1) is 11.1 Å². The minimum Gasteiger partial charge on any atom is -0.456 e. The van der Waals surface area contributed by atoms with E-state index in [-0.39, 0.29) is 11.9 Å². The number of nitrogens with one attached hydrogen (secondary N) is 1. The maximum Gasteiger partial charge on any atom is 0.219 e. The van der Waals surface area contributed by atoms with Crippen LogP contribution in [-0.4, -0.2) is 10.9 Å². The molecule has 1 amide bonds. The fraction of sp³-hybridized carbons (Fsp3) is 0.120. The van der Waals surface area contributed by atoms with Gasteiger partial charge in [0.25, 0.3) is 0 Å². The third-order valence-electron chi connectivity index (χ3n) is 4.75. The number of aromatic nitrogens is 1. The van der Waals surface area contributed by atoms with E-state index in [0.29, 0.717) is 28.2 Å². The molecule has 3 aromatic carbocycles. The summed E-state index contributed by atoms with van der Waals surface area (Å²) in [7, 11) is 0. The average Bonchev–Trinajstić information content (AvgIpc) is 2.75. The van der Waals surface area contributed by atoms with E-state index in [2.05, 4.69) is 16.4 Å². The van der Waals surface area contributed by atoms with Crippen molar-refractivity contribution in [2.75, 3.05) is 0 Å². The fourth-order valence-corrected chi connectivity index (χ4v) is 3.46. The largest absolute Gasteiger partial charge is 0.456 e. The van der Waals surface area contributed by atoms with Crippen molar-refractivity contribution in [3.05, 3.63) is 89.6 Å². The Morgan fingerprint density at radius 2 is 1.68 bits per heavy atom. The molecule has 1 atom stereocenters. The van der Waals surface area contributed by atoms with Gasteiger partial charge in [-0.2, -0.15) is 0 Å². The Morgan fingerprint density at radius 1 is 0.935 bits per heavy atom. The first-order chi connectivity index (χ1) is 15.0. The van der Waals surface area contributed by atoms with Crippen LogP contribution >= 0.6 is 11.6 Å². The van der Waals surface area contributed by atoms with Crippen LogP contribution in [0.5, 0.6) is 23.1 Å². The van der Waals surface area contributed by atoms with E-state index in [1.54, 1.807) is 30.5 Å². The molecule has 0 aliphatic heterocycles. The Kier molecular flexibility index (Phi) is 6.05. The van der Waals surface area contributed by atoms with Crippen LogP contribution in [0.2, 0.25) is 5.02 Å². The predicted molar refractivity (Wildman–Crippen MR) is 122 cm³/mol. The molecule has 0 saturated carbocycles. The molecule has 1 aromatic heterocycles. The molecule has 31 heavy (non-hydrogen) atoms. The van der Waals surface area contributed by atoms with Crippen LogP contribution in [0, 0.1) is 0 Å². The minimum absolute atomic E-state index is 0.0512. The lowest BCUT2D eigenvalue weighted by Crippen LogP contribution is -2.23. The minimum atomic E-state index is -0.0524. The van der Waals surface area contributed by atoms with Crippen molar-refractivity contribution in [3.63, 3.8) is 0 Å². The summed E-state index contributed by atoms with van der Waals surface area (Å²) in [5.74, 6) is 2.23. The number of nitrogens with zero attached hydrogens (tertiary/aromatic N) is 1. The molecule has 0 aliphatic rings. The van der Waals surface area contributed by atoms with Gasteiger partial charge in [0, 0.05) is 25.3 Å². The van der Waals surface area contributed by atoms with Gasteiger partial charge in [-0.3, -0.25) is 4.79 Å². The second-order valence-electron chi connectivity index (χ2n) is 7.15.